The summed E-state index contributed by atoms with van der Waals surface area (Å²) in [6, 6.07) is 12.0. The molecule has 6 heteroatoms. The topological polar surface area (TPSA) is 53.9 Å². The van der Waals surface area contributed by atoms with Crippen LogP contribution in [0.25, 0.3) is 0 Å². The Labute approximate surface area is 170 Å². The number of fused-ring (bicyclic) bond motifs is 1. The van der Waals surface area contributed by atoms with E-state index in [1.54, 1.807) is 12.1 Å². The van der Waals surface area contributed by atoms with Crippen molar-refractivity contribution in [2.45, 2.75) is 25.7 Å². The van der Waals surface area contributed by atoms with Crippen LogP contribution in [0.2, 0.25) is 0 Å². The van der Waals surface area contributed by atoms with E-state index in [1.807, 2.05) is 11.0 Å². The normalized spacial score (nSPS) is 16.9. The van der Waals surface area contributed by atoms with Crippen LogP contribution in [-0.4, -0.2) is 49.4 Å². The third kappa shape index (κ3) is 4.82. The molecule has 1 saturated heterocycles. The molecule has 0 bridgehead atoms. The van der Waals surface area contributed by atoms with Crippen LogP contribution in [0, 0.1) is 5.82 Å². The van der Waals surface area contributed by atoms with Crippen molar-refractivity contribution in [3.05, 3.63) is 65.0 Å². The Kier molecular flexibility index (Phi) is 5.90. The highest BCUT2D eigenvalue weighted by Crippen LogP contribution is 2.22. The van der Waals surface area contributed by atoms with Crippen molar-refractivity contribution in [1.82, 2.24) is 4.90 Å². The fraction of sp³-hybridized carbons (Fsp3) is 0.391. The monoisotopic (exact) mass is 396 g/mol. The van der Waals surface area contributed by atoms with Crippen LogP contribution in [0.1, 0.15) is 34.3 Å². The highest BCUT2D eigenvalue weighted by Gasteiger charge is 2.26. The van der Waals surface area contributed by atoms with Crippen molar-refractivity contribution in [3.8, 4) is 0 Å². The number of piperazine rings is 1. The Morgan fingerprint density at radius 1 is 1.00 bits per heavy atom. The van der Waals surface area contributed by atoms with E-state index in [-0.39, 0.29) is 17.6 Å². The minimum Gasteiger partial charge on any atom is -0.327 e. The van der Waals surface area contributed by atoms with Gasteiger partial charge < -0.3 is 15.1 Å². The minimum absolute atomic E-state index is 0.0848. The number of quaternary nitrogens is 1. The molecule has 1 aliphatic carbocycles. The quantitative estimate of drug-likeness (QED) is 0.826. The Bertz CT molecular complexity index is 907. The second-order valence-corrected chi connectivity index (χ2v) is 7.97. The summed E-state index contributed by atoms with van der Waals surface area (Å²) in [6.07, 6.45) is 4.61. The smallest absolute Gasteiger partial charge is 0.279 e. The van der Waals surface area contributed by atoms with Crippen molar-refractivity contribution < 1.29 is 18.9 Å². The molecule has 5 nitrogen and oxygen atoms in total. The van der Waals surface area contributed by atoms with Crippen LogP contribution in [0.3, 0.4) is 0 Å². The SMILES string of the molecule is O=C(C[NH+]1CCN(C(=O)c2ccc3c(c2)CCCC3)CC1)Nc1cccc(F)c1. The molecule has 0 radical (unpaired) electrons. The van der Waals surface area contributed by atoms with Crippen molar-refractivity contribution in [3.63, 3.8) is 0 Å². The van der Waals surface area contributed by atoms with E-state index < -0.39 is 0 Å². The Morgan fingerprint density at radius 3 is 2.52 bits per heavy atom. The number of rotatable bonds is 4. The lowest BCUT2D eigenvalue weighted by atomic mass is 9.90. The Balaban J connectivity index is 1.29. The first-order valence-corrected chi connectivity index (χ1v) is 10.4. The van der Waals surface area contributed by atoms with E-state index in [0.29, 0.717) is 25.3 Å². The summed E-state index contributed by atoms with van der Waals surface area (Å²) in [5.41, 5.74) is 3.94. The zero-order chi connectivity index (χ0) is 20.2. The first-order chi connectivity index (χ1) is 14.1. The number of carbonyl (C=O) groups is 2. The van der Waals surface area contributed by atoms with Gasteiger partial charge in [-0.3, -0.25) is 9.59 Å². The van der Waals surface area contributed by atoms with Crippen LogP contribution >= 0.6 is 0 Å². The lowest BCUT2D eigenvalue weighted by Gasteiger charge is -2.32. The summed E-state index contributed by atoms with van der Waals surface area (Å²) in [6.45, 7) is 3.05. The van der Waals surface area contributed by atoms with Gasteiger partial charge in [0, 0.05) is 11.3 Å². The number of anilines is 1. The number of halogens is 1. The highest BCUT2D eigenvalue weighted by atomic mass is 19.1. The number of hydrogen-bond donors (Lipinski definition) is 2. The molecular weight excluding hydrogens is 369 g/mol. The molecule has 1 aliphatic heterocycles. The van der Waals surface area contributed by atoms with E-state index in [2.05, 4.69) is 17.4 Å². The molecule has 2 aromatic carbocycles. The third-order valence-electron chi connectivity index (χ3n) is 5.87. The average molecular weight is 396 g/mol. The van der Waals surface area contributed by atoms with E-state index in [9.17, 15) is 14.0 Å². The summed E-state index contributed by atoms with van der Waals surface area (Å²) in [5, 5.41) is 2.74. The van der Waals surface area contributed by atoms with E-state index in [0.717, 1.165) is 36.4 Å². The molecule has 29 heavy (non-hydrogen) atoms. The Morgan fingerprint density at radius 2 is 1.76 bits per heavy atom. The molecule has 0 aromatic heterocycles. The zero-order valence-corrected chi connectivity index (χ0v) is 16.5. The standard InChI is InChI=1S/C23H26FN3O2/c24-20-6-3-7-21(15-20)25-22(28)16-26-10-12-27(13-11-26)23(29)19-9-8-17-4-1-2-5-18(17)14-19/h3,6-9,14-15H,1-2,4-5,10-13,16H2,(H,25,28)/p+1. The number of benzene rings is 2. The predicted molar refractivity (Wildman–Crippen MR) is 110 cm³/mol. The molecule has 0 unspecified atom stereocenters. The van der Waals surface area contributed by atoms with Gasteiger partial charge in [0.1, 0.15) is 5.82 Å². The Hall–Kier alpha value is -2.73. The second-order valence-electron chi connectivity index (χ2n) is 7.97. The lowest BCUT2D eigenvalue weighted by molar-refractivity contribution is -0.895. The van der Waals surface area contributed by atoms with Crippen LogP contribution in [-0.2, 0) is 17.6 Å². The number of carbonyl (C=O) groups excluding carboxylic acids is 2. The molecule has 1 fully saturated rings. The van der Waals surface area contributed by atoms with Crippen LogP contribution in [0.15, 0.2) is 42.5 Å². The molecule has 4 rings (SSSR count). The van der Waals surface area contributed by atoms with Gasteiger partial charge in [-0.1, -0.05) is 12.1 Å². The number of hydrogen-bond acceptors (Lipinski definition) is 2. The van der Waals surface area contributed by atoms with E-state index >= 15 is 0 Å². The molecule has 0 atom stereocenters. The zero-order valence-electron chi connectivity index (χ0n) is 16.5. The summed E-state index contributed by atoms with van der Waals surface area (Å²) in [5.74, 6) is -0.425. The van der Waals surface area contributed by atoms with Gasteiger partial charge in [0.25, 0.3) is 11.8 Å². The molecule has 2 aromatic rings. The number of amides is 2. The molecular formula is C23H27FN3O2+. The van der Waals surface area contributed by atoms with Gasteiger partial charge in [0.15, 0.2) is 6.54 Å². The van der Waals surface area contributed by atoms with E-state index in [4.69, 9.17) is 0 Å². The lowest BCUT2D eigenvalue weighted by Crippen LogP contribution is -3.15. The van der Waals surface area contributed by atoms with Gasteiger partial charge in [-0.05, 0) is 67.1 Å². The maximum absolute atomic E-state index is 13.2. The van der Waals surface area contributed by atoms with Gasteiger partial charge in [-0.25, -0.2) is 4.39 Å². The van der Waals surface area contributed by atoms with Crippen molar-refractivity contribution in [2.75, 3.05) is 38.0 Å². The maximum Gasteiger partial charge on any atom is 0.279 e. The van der Waals surface area contributed by atoms with Crippen molar-refractivity contribution >= 4 is 17.5 Å². The van der Waals surface area contributed by atoms with Gasteiger partial charge in [0.2, 0.25) is 0 Å². The summed E-state index contributed by atoms with van der Waals surface area (Å²) >= 11 is 0. The molecule has 0 saturated carbocycles. The maximum atomic E-state index is 13.2. The van der Waals surface area contributed by atoms with Crippen molar-refractivity contribution in [1.29, 1.82) is 0 Å². The summed E-state index contributed by atoms with van der Waals surface area (Å²) < 4.78 is 13.2. The van der Waals surface area contributed by atoms with Crippen LogP contribution in [0.4, 0.5) is 10.1 Å². The first kappa shape index (κ1) is 19.6. The molecule has 152 valence electrons. The minimum atomic E-state index is -0.371. The van der Waals surface area contributed by atoms with Crippen molar-refractivity contribution in [2.24, 2.45) is 0 Å². The molecule has 2 N–H and O–H groups in total. The van der Waals surface area contributed by atoms with Gasteiger partial charge in [-0.2, -0.15) is 0 Å². The summed E-state index contributed by atoms with van der Waals surface area (Å²) in [4.78, 5) is 28.1. The van der Waals surface area contributed by atoms with Crippen LogP contribution < -0.4 is 10.2 Å². The fourth-order valence-electron chi connectivity index (χ4n) is 4.25. The molecule has 0 spiro atoms. The van der Waals surface area contributed by atoms with Gasteiger partial charge >= 0.3 is 0 Å². The van der Waals surface area contributed by atoms with Gasteiger partial charge in [-0.15, -0.1) is 0 Å². The predicted octanol–water partition coefficient (Wildman–Crippen LogP) is 1.68. The van der Waals surface area contributed by atoms with Crippen LogP contribution in [0.5, 0.6) is 0 Å². The molecule has 2 aliphatic rings. The van der Waals surface area contributed by atoms with Gasteiger partial charge in [0.05, 0.1) is 26.2 Å². The van der Waals surface area contributed by atoms with E-state index in [1.165, 1.54) is 36.1 Å². The highest BCUT2D eigenvalue weighted by molar-refractivity contribution is 5.94. The molecule has 2 amide bonds. The largest absolute Gasteiger partial charge is 0.327 e. The number of nitrogens with zero attached hydrogens (tertiary/aromatic N) is 1. The number of nitrogens with one attached hydrogen (secondary N) is 2. The third-order valence-corrected chi connectivity index (χ3v) is 5.87. The second kappa shape index (κ2) is 8.74. The fourth-order valence-corrected chi connectivity index (χ4v) is 4.25. The average Bonchev–Trinajstić information content (AvgIpc) is 2.73. The first-order valence-electron chi connectivity index (χ1n) is 10.4. The molecule has 1 heterocycles. The summed E-state index contributed by atoms with van der Waals surface area (Å²) in [7, 11) is 0. The number of aryl methyl sites for hydroxylation is 2.